The molecule has 0 heterocycles. The van der Waals surface area contributed by atoms with E-state index in [1.54, 1.807) is 0 Å². The third-order valence-electron chi connectivity index (χ3n) is 7.23. The van der Waals surface area contributed by atoms with Crippen molar-refractivity contribution in [2.24, 2.45) is 20.5 Å². The largest absolute Gasteiger partial charge is 0.505 e. The van der Waals surface area contributed by atoms with Crippen LogP contribution in [0, 0.1) is 0 Å². The first kappa shape index (κ1) is 47.0. The van der Waals surface area contributed by atoms with Gasteiger partial charge >= 0.3 is 16.4 Å². The molecule has 0 aliphatic carbocycles. The lowest BCUT2D eigenvalue weighted by Gasteiger charge is -2.14. The molecule has 0 radical (unpaired) electrons. The van der Waals surface area contributed by atoms with Gasteiger partial charge in [0.2, 0.25) is 0 Å². The number of anilines is 1. The standard InChI is InChI=1S/C27H25N5O21S6/c28-23-22-14(12-21(58(43,44)45)25(23)32-29-15-1-3-16(4-2-15)56(39,40)9-7-49-59(46,47)48)11-20(54-52-50-36)24(26(22)33)31-30-19-13-17(5-6-18(19)27(34)35)57(41,42)10-8-55(38)53-51-37/h1-6,11-13,33,36-37H,7-10,28H2,(H,34,35)(H,43,44,45)(H,46,47,48)/b31-30+,32-29+. The van der Waals surface area contributed by atoms with Gasteiger partial charge in [0.1, 0.15) is 22.0 Å². The summed E-state index contributed by atoms with van der Waals surface area (Å²) in [6, 6.07) is 8.47. The average Bonchev–Trinajstić information content (AvgIpc) is 3.14. The van der Waals surface area contributed by atoms with Crippen LogP contribution in [0.25, 0.3) is 10.8 Å². The molecule has 0 bridgehead atoms. The highest BCUT2D eigenvalue weighted by Gasteiger charge is 2.26. The van der Waals surface area contributed by atoms with Crippen molar-refractivity contribution in [3.63, 3.8) is 0 Å². The van der Waals surface area contributed by atoms with E-state index in [2.05, 4.69) is 43.4 Å². The highest BCUT2D eigenvalue weighted by Crippen LogP contribution is 2.49. The zero-order valence-electron chi connectivity index (χ0n) is 28.6. The third-order valence-corrected chi connectivity index (χ3v) is 13.6. The van der Waals surface area contributed by atoms with Crippen LogP contribution in [-0.4, -0.2) is 97.5 Å². The lowest BCUT2D eigenvalue weighted by Crippen LogP contribution is -2.15. The number of fused-ring (bicyclic) bond motifs is 1. The van der Waals surface area contributed by atoms with Gasteiger partial charge < -0.3 is 15.9 Å². The number of aromatic hydroxyl groups is 1. The molecule has 4 aromatic rings. The van der Waals surface area contributed by atoms with Gasteiger partial charge in [-0.2, -0.15) is 21.9 Å². The molecular formula is C27H25N5O21S6. The first-order valence-electron chi connectivity index (χ1n) is 15.0. The summed E-state index contributed by atoms with van der Waals surface area (Å²) >= 11 is -2.27. The number of carboxylic acid groups (broad SMARTS) is 1. The van der Waals surface area contributed by atoms with Gasteiger partial charge in [-0.3, -0.25) is 9.11 Å². The Balaban J connectivity index is 1.83. The van der Waals surface area contributed by atoms with Gasteiger partial charge in [0.05, 0.1) is 72.9 Å². The van der Waals surface area contributed by atoms with E-state index < -0.39 is 130 Å². The minimum absolute atomic E-state index is 0.132. The van der Waals surface area contributed by atoms with Crippen molar-refractivity contribution in [3.05, 3.63) is 60.2 Å². The van der Waals surface area contributed by atoms with Gasteiger partial charge in [-0.25, -0.2) is 40.5 Å². The summed E-state index contributed by atoms with van der Waals surface area (Å²) < 4.78 is 140. The highest BCUT2D eigenvalue weighted by molar-refractivity contribution is 7.94. The van der Waals surface area contributed by atoms with Crippen molar-refractivity contribution in [3.8, 4) is 5.75 Å². The van der Waals surface area contributed by atoms with E-state index in [0.29, 0.717) is 0 Å². The summed E-state index contributed by atoms with van der Waals surface area (Å²) in [6.07, 6.45) is 0. The number of sulfone groups is 2. The Kier molecular flexibility index (Phi) is 15.3. The molecule has 4 rings (SSSR count). The Morgan fingerprint density at radius 1 is 0.797 bits per heavy atom. The molecular weight excluding hydrogens is 923 g/mol. The Morgan fingerprint density at radius 2 is 1.42 bits per heavy atom. The summed E-state index contributed by atoms with van der Waals surface area (Å²) in [4.78, 5) is 9.77. The number of rotatable bonds is 20. The van der Waals surface area contributed by atoms with Crippen LogP contribution < -0.4 is 5.73 Å². The fourth-order valence-corrected chi connectivity index (χ4v) is 9.67. The molecule has 320 valence electrons. The Bertz CT molecular complexity index is 2800. The van der Waals surface area contributed by atoms with E-state index in [4.69, 9.17) is 20.8 Å². The number of benzene rings is 4. The summed E-state index contributed by atoms with van der Waals surface area (Å²) in [5, 5.41) is 59.5. The molecule has 0 fully saturated rings. The Hall–Kier alpha value is -4.65. The lowest BCUT2D eigenvalue weighted by atomic mass is 10.1. The van der Waals surface area contributed by atoms with Crippen molar-refractivity contribution in [1.29, 1.82) is 0 Å². The number of hydrogen-bond acceptors (Lipinski definition) is 24. The maximum Gasteiger partial charge on any atom is 0.397 e. The molecule has 32 heteroatoms. The summed E-state index contributed by atoms with van der Waals surface area (Å²) in [5.41, 5.74) is 2.76. The number of nitrogens with zero attached hydrogens (tertiary/aromatic N) is 4. The van der Waals surface area contributed by atoms with Gasteiger partial charge in [-0.05, 0) is 60.0 Å². The van der Waals surface area contributed by atoms with Crippen LogP contribution in [0.2, 0.25) is 0 Å². The van der Waals surface area contributed by atoms with Gasteiger partial charge in [0, 0.05) is 0 Å². The predicted molar refractivity (Wildman–Crippen MR) is 198 cm³/mol. The van der Waals surface area contributed by atoms with Crippen molar-refractivity contribution >= 4 is 108 Å². The monoisotopic (exact) mass is 947 g/mol. The molecule has 0 aromatic heterocycles. The SMILES string of the molecule is Nc1c(/N=N/c2ccc(S(=O)(=O)CCOS(=O)(=O)O)cc2)c(S(=O)(=O)O)cc2cc(SOOO)c(/N=N/c3cc(S(=O)(=O)CCS(=O)OOO)ccc3C(=O)O)c(O)c12. The molecule has 1 unspecified atom stereocenters. The van der Waals surface area contributed by atoms with Crippen LogP contribution in [0.15, 0.2) is 94.6 Å². The van der Waals surface area contributed by atoms with Crippen LogP contribution >= 0.6 is 12.0 Å². The molecule has 0 spiro atoms. The number of phenolic OH excluding ortho intramolecular Hbond substituents is 1. The number of azo groups is 2. The molecule has 0 aliphatic rings. The molecule has 0 saturated carbocycles. The maximum absolute atomic E-state index is 12.9. The second kappa shape index (κ2) is 19.2. The summed E-state index contributed by atoms with van der Waals surface area (Å²) in [7, 11) is -18.6. The number of carbonyl (C=O) groups is 1. The van der Waals surface area contributed by atoms with Gasteiger partial charge in [-0.15, -0.1) is 24.0 Å². The van der Waals surface area contributed by atoms with E-state index in [-0.39, 0.29) is 32.9 Å². The molecule has 26 nitrogen and oxygen atoms in total. The van der Waals surface area contributed by atoms with E-state index in [9.17, 15) is 57.4 Å². The number of nitrogen functional groups attached to an aromatic ring is 1. The second-order valence-electron chi connectivity index (χ2n) is 10.9. The number of hydrogen-bond donors (Lipinski definition) is 7. The molecule has 0 aliphatic heterocycles. The lowest BCUT2D eigenvalue weighted by molar-refractivity contribution is -0.434. The minimum atomic E-state index is -5.20. The van der Waals surface area contributed by atoms with E-state index in [0.717, 1.165) is 54.6 Å². The fraction of sp³-hybridized carbons (Fsp3) is 0.148. The molecule has 1 atom stereocenters. The third kappa shape index (κ3) is 12.2. The normalized spacial score (nSPS) is 13.4. The minimum Gasteiger partial charge on any atom is -0.505 e. The van der Waals surface area contributed by atoms with Crippen LogP contribution in [0.4, 0.5) is 28.4 Å². The fourth-order valence-electron chi connectivity index (χ4n) is 4.65. The van der Waals surface area contributed by atoms with Gasteiger partial charge in [-0.1, -0.05) is 10.1 Å². The molecule has 4 aromatic carbocycles. The van der Waals surface area contributed by atoms with Crippen LogP contribution in [0.5, 0.6) is 5.75 Å². The topological polar surface area (TPSA) is 414 Å². The van der Waals surface area contributed by atoms with Crippen molar-refractivity contribution in [2.75, 3.05) is 29.6 Å². The summed E-state index contributed by atoms with van der Waals surface area (Å²) in [6.45, 7) is -0.910. The molecule has 0 amide bonds. The zero-order chi connectivity index (χ0) is 43.9. The molecule has 59 heavy (non-hydrogen) atoms. The second-order valence-corrected chi connectivity index (χ2v) is 19.5. The zero-order valence-corrected chi connectivity index (χ0v) is 33.5. The molecule has 8 N–H and O–H groups in total. The average molecular weight is 948 g/mol. The first-order chi connectivity index (χ1) is 27.5. The molecule has 0 saturated heterocycles. The van der Waals surface area contributed by atoms with Crippen LogP contribution in [0.3, 0.4) is 0 Å². The van der Waals surface area contributed by atoms with E-state index >= 15 is 0 Å². The van der Waals surface area contributed by atoms with Crippen molar-refractivity contribution in [2.45, 2.75) is 19.6 Å². The van der Waals surface area contributed by atoms with Crippen molar-refractivity contribution < 1.29 is 95.4 Å². The highest BCUT2D eigenvalue weighted by atomic mass is 32.3. The van der Waals surface area contributed by atoms with Crippen LogP contribution in [0.1, 0.15) is 10.4 Å². The summed E-state index contributed by atoms with van der Waals surface area (Å²) in [5.74, 6) is -4.98. The predicted octanol–water partition coefficient (Wildman–Crippen LogP) is 3.78. The van der Waals surface area contributed by atoms with Gasteiger partial charge in [0.15, 0.2) is 36.5 Å². The smallest absolute Gasteiger partial charge is 0.397 e. The number of carboxylic acids is 1. The quantitative estimate of drug-likeness (QED) is 0.0165. The van der Waals surface area contributed by atoms with Gasteiger partial charge in [0.25, 0.3) is 10.1 Å². The van der Waals surface area contributed by atoms with E-state index in [1.807, 2.05) is 0 Å². The number of phenols is 1. The Morgan fingerprint density at radius 3 is 2.02 bits per heavy atom. The first-order valence-corrected chi connectivity index (χ1v) is 23.1. The van der Waals surface area contributed by atoms with E-state index in [1.165, 1.54) is 0 Å². The van der Waals surface area contributed by atoms with Crippen molar-refractivity contribution in [1.82, 2.24) is 0 Å². The maximum atomic E-state index is 12.9. The number of nitrogens with two attached hydrogens (primary N) is 1. The number of aromatic carboxylic acids is 1. The Labute approximate surface area is 338 Å². The van der Waals surface area contributed by atoms with Crippen LogP contribution in [-0.2, 0) is 74.2 Å².